The van der Waals surface area contributed by atoms with Crippen LogP contribution >= 0.6 is 11.8 Å². The van der Waals surface area contributed by atoms with Crippen LogP contribution in [0.5, 0.6) is 5.75 Å². The van der Waals surface area contributed by atoms with Gasteiger partial charge in [-0.05, 0) is 48.5 Å². The first-order chi connectivity index (χ1) is 16.6. The Morgan fingerprint density at radius 2 is 1.82 bits per heavy atom. The van der Waals surface area contributed by atoms with Crippen LogP contribution < -0.4 is 9.64 Å². The number of H-pyrrole nitrogens is 1. The van der Waals surface area contributed by atoms with Crippen molar-refractivity contribution in [2.24, 2.45) is 0 Å². The predicted octanol–water partition coefficient (Wildman–Crippen LogP) is 4.46. The zero-order valence-corrected chi connectivity index (χ0v) is 20.1. The summed E-state index contributed by atoms with van der Waals surface area (Å²) in [7, 11) is 3.46. The summed E-state index contributed by atoms with van der Waals surface area (Å²) >= 11 is 1.93. The Hall–Kier alpha value is -3.52. The van der Waals surface area contributed by atoms with Gasteiger partial charge in [-0.2, -0.15) is 11.8 Å². The third kappa shape index (κ3) is 4.59. The summed E-state index contributed by atoms with van der Waals surface area (Å²) in [4.78, 5) is 30.4. The first-order valence-corrected chi connectivity index (χ1v) is 12.4. The maximum Gasteiger partial charge on any atom is 0.257 e. The molecule has 4 aromatic rings. The van der Waals surface area contributed by atoms with Crippen molar-refractivity contribution in [1.82, 2.24) is 19.9 Å². The summed E-state index contributed by atoms with van der Waals surface area (Å²) in [6.45, 7) is 2.14. The van der Waals surface area contributed by atoms with Crippen LogP contribution in [-0.2, 0) is 6.54 Å². The molecule has 0 atom stereocenters. The molecule has 0 saturated carbocycles. The number of amides is 1. The molecule has 7 nitrogen and oxygen atoms in total. The molecule has 1 aliphatic rings. The number of benzene rings is 2. The molecule has 2 aromatic carbocycles. The van der Waals surface area contributed by atoms with E-state index in [0.717, 1.165) is 64.3 Å². The highest BCUT2D eigenvalue weighted by atomic mass is 32.2. The number of carbonyl (C=O) groups excluding carboxylic acids is 1. The molecule has 0 bridgehead atoms. The van der Waals surface area contributed by atoms with Crippen molar-refractivity contribution in [2.45, 2.75) is 6.54 Å². The van der Waals surface area contributed by atoms with Gasteiger partial charge in [0.1, 0.15) is 17.4 Å². The molecular weight excluding hydrogens is 446 g/mol. The van der Waals surface area contributed by atoms with E-state index in [1.165, 1.54) is 0 Å². The smallest absolute Gasteiger partial charge is 0.257 e. The number of para-hydroxylation sites is 2. The number of fused-ring (bicyclic) bond motifs is 1. The number of pyridine rings is 1. The Bertz CT molecular complexity index is 1270. The highest BCUT2D eigenvalue weighted by Crippen LogP contribution is 2.28. The minimum absolute atomic E-state index is 0.0672. The minimum atomic E-state index is -0.0672. The van der Waals surface area contributed by atoms with Crippen LogP contribution in [0.1, 0.15) is 16.2 Å². The molecule has 1 aliphatic heterocycles. The van der Waals surface area contributed by atoms with Gasteiger partial charge in [0, 0.05) is 37.2 Å². The average Bonchev–Trinajstić information content (AvgIpc) is 3.31. The topological polar surface area (TPSA) is 74.3 Å². The fourth-order valence-corrected chi connectivity index (χ4v) is 5.04. The van der Waals surface area contributed by atoms with Crippen molar-refractivity contribution in [3.05, 3.63) is 72.1 Å². The van der Waals surface area contributed by atoms with E-state index in [9.17, 15) is 4.79 Å². The molecule has 0 unspecified atom stereocenters. The second-order valence-electron chi connectivity index (χ2n) is 8.26. The lowest BCUT2D eigenvalue weighted by Gasteiger charge is -2.30. The van der Waals surface area contributed by atoms with Gasteiger partial charge in [0.05, 0.1) is 35.9 Å². The predicted molar refractivity (Wildman–Crippen MR) is 138 cm³/mol. The van der Waals surface area contributed by atoms with Crippen LogP contribution in [-0.4, -0.2) is 64.5 Å². The largest absolute Gasteiger partial charge is 0.497 e. The number of aromatic nitrogens is 3. The van der Waals surface area contributed by atoms with Gasteiger partial charge in [-0.15, -0.1) is 0 Å². The number of aromatic amines is 1. The van der Waals surface area contributed by atoms with Crippen molar-refractivity contribution in [3.8, 4) is 17.0 Å². The molecule has 0 spiro atoms. The summed E-state index contributed by atoms with van der Waals surface area (Å²) in [6.07, 6.45) is 0. The van der Waals surface area contributed by atoms with E-state index in [2.05, 4.69) is 14.9 Å². The Labute approximate surface area is 203 Å². The highest BCUT2D eigenvalue weighted by molar-refractivity contribution is 7.99. The monoisotopic (exact) mass is 473 g/mol. The Morgan fingerprint density at radius 1 is 1.06 bits per heavy atom. The fraction of sp³-hybridized carbons (Fsp3) is 0.269. The quantitative estimate of drug-likeness (QED) is 0.446. The Morgan fingerprint density at radius 3 is 2.56 bits per heavy atom. The molecule has 8 heteroatoms. The Balaban J connectivity index is 1.45. The molecule has 2 aromatic heterocycles. The third-order valence-corrected chi connectivity index (χ3v) is 6.92. The molecular formula is C26H27N5O2S. The number of nitrogens with zero attached hydrogens (tertiary/aromatic N) is 4. The normalized spacial score (nSPS) is 13.8. The molecule has 1 N–H and O–H groups in total. The molecule has 0 aliphatic carbocycles. The fourth-order valence-electron chi connectivity index (χ4n) is 4.14. The SMILES string of the molecule is COc1ccc(-c2ccc(C(=O)N(C)Cc3nc4ccccc4[nH]3)c(N3CCSCC3)n2)cc1. The van der Waals surface area contributed by atoms with Crippen LogP contribution in [0, 0.1) is 0 Å². The lowest BCUT2D eigenvalue weighted by Crippen LogP contribution is -2.36. The van der Waals surface area contributed by atoms with Crippen LogP contribution in [0.4, 0.5) is 5.82 Å². The van der Waals surface area contributed by atoms with Crippen LogP contribution in [0.3, 0.4) is 0 Å². The highest BCUT2D eigenvalue weighted by Gasteiger charge is 2.24. The van der Waals surface area contributed by atoms with Crippen molar-refractivity contribution < 1.29 is 9.53 Å². The van der Waals surface area contributed by atoms with E-state index in [4.69, 9.17) is 9.72 Å². The molecule has 0 radical (unpaired) electrons. The molecule has 1 amide bonds. The van der Waals surface area contributed by atoms with E-state index in [0.29, 0.717) is 12.1 Å². The van der Waals surface area contributed by atoms with Crippen molar-refractivity contribution >= 4 is 34.5 Å². The van der Waals surface area contributed by atoms with Crippen LogP contribution in [0.25, 0.3) is 22.3 Å². The van der Waals surface area contributed by atoms with Gasteiger partial charge in [-0.3, -0.25) is 4.79 Å². The van der Waals surface area contributed by atoms with Crippen LogP contribution in [0.15, 0.2) is 60.7 Å². The molecule has 1 fully saturated rings. The number of anilines is 1. The van der Waals surface area contributed by atoms with Crippen molar-refractivity contribution in [3.63, 3.8) is 0 Å². The van der Waals surface area contributed by atoms with Gasteiger partial charge in [0.2, 0.25) is 0 Å². The Kier molecular flexibility index (Phi) is 6.40. The van der Waals surface area contributed by atoms with E-state index >= 15 is 0 Å². The summed E-state index contributed by atoms with van der Waals surface area (Å²) in [5, 5.41) is 0. The average molecular weight is 474 g/mol. The van der Waals surface area contributed by atoms with E-state index < -0.39 is 0 Å². The molecule has 5 rings (SSSR count). The number of carbonyl (C=O) groups is 1. The number of methoxy groups -OCH3 is 1. The van der Waals surface area contributed by atoms with Gasteiger partial charge < -0.3 is 19.5 Å². The maximum absolute atomic E-state index is 13.6. The maximum atomic E-state index is 13.6. The third-order valence-electron chi connectivity index (χ3n) is 5.97. The number of nitrogens with one attached hydrogen (secondary N) is 1. The first-order valence-electron chi connectivity index (χ1n) is 11.3. The van der Waals surface area contributed by atoms with Gasteiger partial charge >= 0.3 is 0 Å². The lowest BCUT2D eigenvalue weighted by atomic mass is 10.1. The summed E-state index contributed by atoms with van der Waals surface area (Å²) in [6, 6.07) is 19.5. The molecule has 34 heavy (non-hydrogen) atoms. The van der Waals surface area contributed by atoms with E-state index in [1.54, 1.807) is 12.0 Å². The zero-order chi connectivity index (χ0) is 23.5. The molecule has 174 valence electrons. The summed E-state index contributed by atoms with van der Waals surface area (Å²) in [5.41, 5.74) is 4.31. The molecule has 3 heterocycles. The number of rotatable bonds is 6. The van der Waals surface area contributed by atoms with Gasteiger partial charge in [0.25, 0.3) is 5.91 Å². The second kappa shape index (κ2) is 9.77. The number of imidazole rings is 1. The number of hydrogen-bond acceptors (Lipinski definition) is 6. The van der Waals surface area contributed by atoms with Crippen molar-refractivity contribution in [2.75, 3.05) is 43.7 Å². The second-order valence-corrected chi connectivity index (χ2v) is 9.48. The first kappa shape index (κ1) is 22.3. The number of thioether (sulfide) groups is 1. The minimum Gasteiger partial charge on any atom is -0.497 e. The summed E-state index contributed by atoms with van der Waals surface area (Å²) < 4.78 is 5.28. The van der Waals surface area contributed by atoms with Gasteiger partial charge in [0.15, 0.2) is 0 Å². The van der Waals surface area contributed by atoms with Gasteiger partial charge in [-0.1, -0.05) is 12.1 Å². The van der Waals surface area contributed by atoms with Crippen molar-refractivity contribution in [1.29, 1.82) is 0 Å². The van der Waals surface area contributed by atoms with Crippen LogP contribution in [0.2, 0.25) is 0 Å². The van der Waals surface area contributed by atoms with E-state index in [-0.39, 0.29) is 5.91 Å². The standard InChI is InChI=1S/C26H27N5O2S/c1-30(17-24-27-22-5-3-4-6-23(22)28-24)26(32)20-11-12-21(18-7-9-19(33-2)10-8-18)29-25(20)31-13-15-34-16-14-31/h3-12H,13-17H2,1-2H3,(H,27,28). The number of hydrogen-bond donors (Lipinski definition) is 1. The number of ether oxygens (including phenoxy) is 1. The lowest BCUT2D eigenvalue weighted by molar-refractivity contribution is 0.0782. The molecule has 1 saturated heterocycles. The van der Waals surface area contributed by atoms with Gasteiger partial charge in [-0.25, -0.2) is 9.97 Å². The van der Waals surface area contributed by atoms with E-state index in [1.807, 2.05) is 79.5 Å². The zero-order valence-electron chi connectivity index (χ0n) is 19.3. The summed E-state index contributed by atoms with van der Waals surface area (Å²) in [5.74, 6) is 4.29.